The predicted molar refractivity (Wildman–Crippen MR) is 116 cm³/mol. The van der Waals surface area contributed by atoms with Crippen LogP contribution in [0.4, 0.5) is 4.39 Å². The lowest BCUT2D eigenvalue weighted by Gasteiger charge is -2.58. The second-order valence-corrected chi connectivity index (χ2v) is 8.18. The molecule has 32 heavy (non-hydrogen) atoms. The molecule has 2 aliphatic heterocycles. The minimum Gasteiger partial charge on any atom is -0.394 e. The molecule has 5 rings (SSSR count). The number of rotatable bonds is 4. The van der Waals surface area contributed by atoms with E-state index in [1.54, 1.807) is 35.4 Å². The Labute approximate surface area is 184 Å². The van der Waals surface area contributed by atoms with Crippen LogP contribution in [0.25, 0.3) is 11.1 Å². The van der Waals surface area contributed by atoms with Crippen LogP contribution in [0.15, 0.2) is 72.9 Å². The van der Waals surface area contributed by atoms with Crippen LogP contribution in [0.1, 0.15) is 22.0 Å². The average Bonchev–Trinajstić information content (AvgIpc) is 2.81. The highest BCUT2D eigenvalue weighted by Crippen LogP contribution is 2.43. The van der Waals surface area contributed by atoms with Crippen molar-refractivity contribution in [1.82, 2.24) is 14.8 Å². The number of halogens is 1. The Kier molecular flexibility index (Phi) is 5.19. The summed E-state index contributed by atoms with van der Waals surface area (Å²) < 4.78 is 13.6. The largest absolute Gasteiger partial charge is 0.394 e. The number of fused-ring (bicyclic) bond motifs is 1. The van der Waals surface area contributed by atoms with Gasteiger partial charge in [-0.2, -0.15) is 0 Å². The molecular weight excluding hydrogens is 409 g/mol. The number of carbonyl (C=O) groups is 2. The van der Waals surface area contributed by atoms with Crippen LogP contribution in [-0.4, -0.2) is 63.5 Å². The molecule has 0 aliphatic carbocycles. The molecule has 7 heteroatoms. The molecule has 2 aromatic carbocycles. The van der Waals surface area contributed by atoms with Crippen LogP contribution in [0, 0.1) is 5.82 Å². The molecule has 0 saturated carbocycles. The highest BCUT2D eigenvalue weighted by atomic mass is 19.1. The van der Waals surface area contributed by atoms with Crippen LogP contribution >= 0.6 is 0 Å². The number of aromatic nitrogens is 1. The number of carbonyl (C=O) groups excluding carboxylic acids is 2. The van der Waals surface area contributed by atoms with E-state index in [0.29, 0.717) is 12.2 Å². The smallest absolute Gasteiger partial charge is 0.272 e. The zero-order valence-electron chi connectivity index (χ0n) is 17.3. The average molecular weight is 431 g/mol. The van der Waals surface area contributed by atoms with Gasteiger partial charge in [0.15, 0.2) is 0 Å². The first-order chi connectivity index (χ1) is 15.6. The van der Waals surface area contributed by atoms with E-state index in [9.17, 15) is 19.1 Å². The molecule has 2 fully saturated rings. The van der Waals surface area contributed by atoms with Crippen molar-refractivity contribution >= 4 is 11.8 Å². The first kappa shape index (κ1) is 20.3. The normalized spacial score (nSPS) is 22.3. The SMILES string of the molecule is O=C(c1ccccn1)N1CC(=O)N2[C@H](C1)[C@H](c1ccc(-c3cccc(F)c3)cc1)[C@@H]2CO. The molecule has 3 heterocycles. The Morgan fingerprint density at radius 3 is 2.56 bits per heavy atom. The number of aliphatic hydroxyl groups is 1. The second-order valence-electron chi connectivity index (χ2n) is 8.18. The Morgan fingerprint density at radius 2 is 1.88 bits per heavy atom. The van der Waals surface area contributed by atoms with E-state index in [4.69, 9.17) is 0 Å². The molecule has 0 bridgehead atoms. The Bertz CT molecular complexity index is 1150. The molecule has 0 spiro atoms. The lowest BCUT2D eigenvalue weighted by molar-refractivity contribution is -0.159. The van der Waals surface area contributed by atoms with Gasteiger partial charge < -0.3 is 14.9 Å². The van der Waals surface area contributed by atoms with Crippen molar-refractivity contribution in [2.45, 2.75) is 18.0 Å². The highest BCUT2D eigenvalue weighted by molar-refractivity contribution is 5.96. The molecule has 2 aliphatic rings. The van der Waals surface area contributed by atoms with Gasteiger partial charge in [0, 0.05) is 18.7 Å². The molecule has 0 radical (unpaired) electrons. The van der Waals surface area contributed by atoms with Crippen LogP contribution < -0.4 is 0 Å². The maximum atomic E-state index is 13.6. The monoisotopic (exact) mass is 431 g/mol. The fourth-order valence-corrected chi connectivity index (χ4v) is 4.87. The van der Waals surface area contributed by atoms with Gasteiger partial charge in [0.2, 0.25) is 5.91 Å². The summed E-state index contributed by atoms with van der Waals surface area (Å²) in [7, 11) is 0. The molecular formula is C25H22FN3O3. The van der Waals surface area contributed by atoms with Gasteiger partial charge in [0.1, 0.15) is 18.1 Å². The van der Waals surface area contributed by atoms with E-state index in [0.717, 1.165) is 16.7 Å². The third-order valence-electron chi connectivity index (χ3n) is 6.38. The fraction of sp³-hybridized carbons (Fsp3) is 0.240. The topological polar surface area (TPSA) is 73.7 Å². The minimum atomic E-state index is -0.320. The van der Waals surface area contributed by atoms with Gasteiger partial charge in [0.05, 0.1) is 18.7 Å². The van der Waals surface area contributed by atoms with E-state index in [1.807, 2.05) is 30.3 Å². The zero-order valence-corrected chi connectivity index (χ0v) is 17.3. The van der Waals surface area contributed by atoms with Crippen LogP contribution in [0.5, 0.6) is 0 Å². The number of benzene rings is 2. The summed E-state index contributed by atoms with van der Waals surface area (Å²) in [5.41, 5.74) is 2.95. The van der Waals surface area contributed by atoms with Gasteiger partial charge >= 0.3 is 0 Å². The van der Waals surface area contributed by atoms with E-state index in [1.165, 1.54) is 17.0 Å². The predicted octanol–water partition coefficient (Wildman–Crippen LogP) is 2.70. The number of amides is 2. The van der Waals surface area contributed by atoms with Crippen LogP contribution in [0.3, 0.4) is 0 Å². The Balaban J connectivity index is 1.39. The fourth-order valence-electron chi connectivity index (χ4n) is 4.87. The summed E-state index contributed by atoms with van der Waals surface area (Å²) >= 11 is 0. The summed E-state index contributed by atoms with van der Waals surface area (Å²) in [4.78, 5) is 33.0. The molecule has 0 unspecified atom stereocenters. The number of pyridine rings is 1. The van der Waals surface area contributed by atoms with Gasteiger partial charge in [-0.1, -0.05) is 42.5 Å². The number of aliphatic hydroxyl groups excluding tert-OH is 1. The molecule has 3 atom stereocenters. The summed E-state index contributed by atoms with van der Waals surface area (Å²) in [6, 6.07) is 18.7. The lowest BCUT2D eigenvalue weighted by Crippen LogP contribution is -2.73. The maximum absolute atomic E-state index is 13.6. The standard InChI is InChI=1S/C25H22FN3O3/c26-19-5-3-4-18(12-19)16-7-9-17(10-8-16)24-21-13-28(14-23(31)29(21)22(24)15-30)25(32)20-6-1-2-11-27-20/h1-12,21-22,24,30H,13-15H2/t21-,22+,24+/m1/s1. The number of piperazine rings is 1. The van der Waals surface area contributed by atoms with Crippen molar-refractivity contribution in [3.63, 3.8) is 0 Å². The van der Waals surface area contributed by atoms with Crippen molar-refractivity contribution in [1.29, 1.82) is 0 Å². The Morgan fingerprint density at radius 1 is 1.06 bits per heavy atom. The van der Waals surface area contributed by atoms with Crippen molar-refractivity contribution < 1.29 is 19.1 Å². The highest BCUT2D eigenvalue weighted by Gasteiger charge is 2.54. The molecule has 162 valence electrons. The summed E-state index contributed by atoms with van der Waals surface area (Å²) in [6.45, 7) is 0.217. The molecule has 6 nitrogen and oxygen atoms in total. The lowest BCUT2D eigenvalue weighted by atomic mass is 9.73. The quantitative estimate of drug-likeness (QED) is 0.690. The van der Waals surface area contributed by atoms with Crippen molar-refractivity contribution in [3.8, 4) is 11.1 Å². The van der Waals surface area contributed by atoms with Crippen molar-refractivity contribution in [3.05, 3.63) is 90.0 Å². The van der Waals surface area contributed by atoms with Gasteiger partial charge in [0.25, 0.3) is 5.91 Å². The molecule has 2 saturated heterocycles. The van der Waals surface area contributed by atoms with Crippen LogP contribution in [-0.2, 0) is 4.79 Å². The van der Waals surface area contributed by atoms with E-state index in [-0.39, 0.29) is 48.8 Å². The zero-order chi connectivity index (χ0) is 22.2. The first-order valence-corrected chi connectivity index (χ1v) is 10.5. The van der Waals surface area contributed by atoms with Gasteiger partial charge in [-0.3, -0.25) is 14.6 Å². The van der Waals surface area contributed by atoms with E-state index in [2.05, 4.69) is 4.98 Å². The van der Waals surface area contributed by atoms with Crippen molar-refractivity contribution in [2.75, 3.05) is 19.7 Å². The van der Waals surface area contributed by atoms with E-state index >= 15 is 0 Å². The Hall–Kier alpha value is -3.58. The summed E-state index contributed by atoms with van der Waals surface area (Å²) in [5.74, 6) is -0.826. The summed E-state index contributed by atoms with van der Waals surface area (Å²) in [5, 5.41) is 9.96. The number of hydrogen-bond donors (Lipinski definition) is 1. The first-order valence-electron chi connectivity index (χ1n) is 10.5. The third-order valence-corrected chi connectivity index (χ3v) is 6.38. The van der Waals surface area contributed by atoms with Gasteiger partial charge in [-0.25, -0.2) is 4.39 Å². The van der Waals surface area contributed by atoms with Gasteiger partial charge in [-0.05, 0) is 41.0 Å². The maximum Gasteiger partial charge on any atom is 0.272 e. The molecule has 1 N–H and O–H groups in total. The third kappa shape index (κ3) is 3.44. The second kappa shape index (κ2) is 8.16. The number of nitrogens with zero attached hydrogens (tertiary/aromatic N) is 3. The van der Waals surface area contributed by atoms with Gasteiger partial charge in [-0.15, -0.1) is 0 Å². The number of hydrogen-bond acceptors (Lipinski definition) is 4. The molecule has 3 aromatic rings. The van der Waals surface area contributed by atoms with E-state index < -0.39 is 0 Å². The molecule has 1 aromatic heterocycles. The van der Waals surface area contributed by atoms with Crippen molar-refractivity contribution in [2.24, 2.45) is 0 Å². The minimum absolute atomic E-state index is 0.0202. The van der Waals surface area contributed by atoms with Crippen LogP contribution in [0.2, 0.25) is 0 Å². The summed E-state index contributed by atoms with van der Waals surface area (Å²) in [6.07, 6.45) is 1.55. The molecule has 2 amide bonds.